The number of nitriles is 1. The van der Waals surface area contributed by atoms with Gasteiger partial charge in [0.1, 0.15) is 5.75 Å². The second-order valence-electron chi connectivity index (χ2n) is 4.18. The van der Waals surface area contributed by atoms with Gasteiger partial charge in [-0.3, -0.25) is 0 Å². The molecule has 106 valence electrons. The predicted octanol–water partition coefficient (Wildman–Crippen LogP) is 5.72. The quantitative estimate of drug-likeness (QED) is 0.529. The standard InChI is InChI=1S/C16H10Cl3NO/c1-21-16-5-3-12(17)7-10(16)6-11(9-20)14-4-2-13(18)8-15(14)19/h2-8H,1H3/b11-6+. The summed E-state index contributed by atoms with van der Waals surface area (Å²) in [5.41, 5.74) is 1.70. The van der Waals surface area contributed by atoms with E-state index in [1.165, 1.54) is 0 Å². The first-order valence-corrected chi connectivity index (χ1v) is 7.09. The third-order valence-corrected chi connectivity index (χ3v) is 3.62. The van der Waals surface area contributed by atoms with Crippen molar-refractivity contribution >= 4 is 46.5 Å². The highest BCUT2D eigenvalue weighted by atomic mass is 35.5. The fourth-order valence-corrected chi connectivity index (χ4v) is 2.54. The largest absolute Gasteiger partial charge is 0.496 e. The van der Waals surface area contributed by atoms with E-state index in [1.54, 1.807) is 49.6 Å². The van der Waals surface area contributed by atoms with Gasteiger partial charge >= 0.3 is 0 Å². The van der Waals surface area contributed by atoms with Gasteiger partial charge in [-0.15, -0.1) is 0 Å². The molecule has 0 aromatic heterocycles. The molecule has 0 bridgehead atoms. The van der Waals surface area contributed by atoms with Gasteiger partial charge in [-0.1, -0.05) is 40.9 Å². The van der Waals surface area contributed by atoms with Crippen molar-refractivity contribution < 1.29 is 4.74 Å². The first-order valence-electron chi connectivity index (χ1n) is 5.96. The summed E-state index contributed by atoms with van der Waals surface area (Å²) in [4.78, 5) is 0. The van der Waals surface area contributed by atoms with E-state index in [0.717, 1.165) is 0 Å². The second kappa shape index (κ2) is 6.87. The lowest BCUT2D eigenvalue weighted by Gasteiger charge is -2.07. The van der Waals surface area contributed by atoms with E-state index in [-0.39, 0.29) is 0 Å². The van der Waals surface area contributed by atoms with E-state index in [2.05, 4.69) is 6.07 Å². The van der Waals surface area contributed by atoms with Crippen LogP contribution >= 0.6 is 34.8 Å². The zero-order valence-electron chi connectivity index (χ0n) is 11.0. The summed E-state index contributed by atoms with van der Waals surface area (Å²) in [6.07, 6.45) is 1.68. The number of halogens is 3. The van der Waals surface area contributed by atoms with Crippen LogP contribution in [0.5, 0.6) is 5.75 Å². The Morgan fingerprint density at radius 1 is 1.10 bits per heavy atom. The van der Waals surface area contributed by atoms with E-state index in [1.807, 2.05) is 0 Å². The molecule has 21 heavy (non-hydrogen) atoms. The molecule has 0 atom stereocenters. The van der Waals surface area contributed by atoms with Gasteiger partial charge in [0.15, 0.2) is 0 Å². The van der Waals surface area contributed by atoms with E-state index < -0.39 is 0 Å². The van der Waals surface area contributed by atoms with E-state index >= 15 is 0 Å². The average molecular weight is 339 g/mol. The highest BCUT2D eigenvalue weighted by Gasteiger charge is 2.09. The normalized spacial score (nSPS) is 11.1. The van der Waals surface area contributed by atoms with Crippen molar-refractivity contribution in [1.29, 1.82) is 5.26 Å². The number of rotatable bonds is 3. The van der Waals surface area contributed by atoms with Gasteiger partial charge in [0.2, 0.25) is 0 Å². The van der Waals surface area contributed by atoms with Gasteiger partial charge in [0.05, 0.1) is 23.8 Å². The van der Waals surface area contributed by atoms with Gasteiger partial charge in [-0.25, -0.2) is 0 Å². The van der Waals surface area contributed by atoms with Gasteiger partial charge in [-0.05, 0) is 36.4 Å². The van der Waals surface area contributed by atoms with Crippen LogP contribution in [0.2, 0.25) is 15.1 Å². The number of benzene rings is 2. The Kier molecular flexibility index (Phi) is 5.14. The van der Waals surface area contributed by atoms with Crippen molar-refractivity contribution in [3.63, 3.8) is 0 Å². The fourth-order valence-electron chi connectivity index (χ4n) is 1.85. The lowest BCUT2D eigenvalue weighted by Crippen LogP contribution is -1.89. The minimum absolute atomic E-state index is 0.400. The minimum Gasteiger partial charge on any atom is -0.496 e. The molecule has 2 rings (SSSR count). The number of hydrogen-bond acceptors (Lipinski definition) is 2. The minimum atomic E-state index is 0.400. The summed E-state index contributed by atoms with van der Waals surface area (Å²) < 4.78 is 5.26. The van der Waals surface area contributed by atoms with E-state index in [9.17, 15) is 5.26 Å². The molecule has 2 nitrogen and oxygen atoms in total. The first-order chi connectivity index (χ1) is 10.0. The molecule has 0 spiro atoms. The molecule has 0 N–H and O–H groups in total. The molecule has 0 amide bonds. The maximum atomic E-state index is 9.38. The van der Waals surface area contributed by atoms with Crippen LogP contribution in [0.4, 0.5) is 0 Å². The highest BCUT2D eigenvalue weighted by Crippen LogP contribution is 2.31. The van der Waals surface area contributed by atoms with E-state index in [0.29, 0.717) is 37.5 Å². The second-order valence-corrected chi connectivity index (χ2v) is 5.46. The van der Waals surface area contributed by atoms with Crippen LogP contribution in [-0.2, 0) is 0 Å². The lowest BCUT2D eigenvalue weighted by molar-refractivity contribution is 0.414. The summed E-state index contributed by atoms with van der Waals surface area (Å²) in [6, 6.07) is 12.3. The monoisotopic (exact) mass is 337 g/mol. The molecule has 0 aliphatic carbocycles. The van der Waals surface area contributed by atoms with Crippen LogP contribution in [0.25, 0.3) is 11.6 Å². The van der Waals surface area contributed by atoms with Crippen molar-refractivity contribution in [2.75, 3.05) is 7.11 Å². The van der Waals surface area contributed by atoms with Crippen LogP contribution in [0.15, 0.2) is 36.4 Å². The smallest absolute Gasteiger partial charge is 0.126 e. The Balaban J connectivity index is 2.56. The van der Waals surface area contributed by atoms with Crippen molar-refractivity contribution in [3.8, 4) is 11.8 Å². The molecule has 0 aliphatic rings. The van der Waals surface area contributed by atoms with Crippen LogP contribution < -0.4 is 4.74 Å². The molecular weight excluding hydrogens is 329 g/mol. The number of methoxy groups -OCH3 is 1. The van der Waals surface area contributed by atoms with Crippen LogP contribution in [0, 0.1) is 11.3 Å². The fraction of sp³-hybridized carbons (Fsp3) is 0.0625. The molecule has 0 heterocycles. The number of ether oxygens (including phenoxy) is 1. The summed E-state index contributed by atoms with van der Waals surface area (Å²) in [7, 11) is 1.56. The third kappa shape index (κ3) is 3.71. The first kappa shape index (κ1) is 15.7. The van der Waals surface area contributed by atoms with Gasteiger partial charge in [0, 0.05) is 21.2 Å². The lowest BCUT2D eigenvalue weighted by atomic mass is 10.0. The molecule has 0 fully saturated rings. The molecule has 2 aromatic rings. The maximum absolute atomic E-state index is 9.38. The predicted molar refractivity (Wildman–Crippen MR) is 88.0 cm³/mol. The van der Waals surface area contributed by atoms with Gasteiger partial charge in [-0.2, -0.15) is 5.26 Å². The molecule has 5 heteroatoms. The number of allylic oxidation sites excluding steroid dienone is 1. The SMILES string of the molecule is COc1ccc(Cl)cc1/C=C(\C#N)c1ccc(Cl)cc1Cl. The number of hydrogen-bond donors (Lipinski definition) is 0. The van der Waals surface area contributed by atoms with Crippen molar-refractivity contribution in [2.45, 2.75) is 0 Å². The maximum Gasteiger partial charge on any atom is 0.126 e. The Morgan fingerprint density at radius 3 is 2.38 bits per heavy atom. The highest BCUT2D eigenvalue weighted by molar-refractivity contribution is 6.36. The number of nitrogens with zero attached hydrogens (tertiary/aromatic N) is 1. The molecule has 0 saturated heterocycles. The topological polar surface area (TPSA) is 33.0 Å². The van der Waals surface area contributed by atoms with Crippen LogP contribution in [0.1, 0.15) is 11.1 Å². The summed E-state index contributed by atoms with van der Waals surface area (Å²) >= 11 is 18.0. The Morgan fingerprint density at radius 2 is 1.76 bits per heavy atom. The average Bonchev–Trinajstić information content (AvgIpc) is 2.45. The molecule has 0 saturated carbocycles. The zero-order valence-corrected chi connectivity index (χ0v) is 13.3. The van der Waals surface area contributed by atoms with Crippen LogP contribution in [-0.4, -0.2) is 7.11 Å². The molecule has 2 aromatic carbocycles. The van der Waals surface area contributed by atoms with Gasteiger partial charge < -0.3 is 4.74 Å². The molecule has 0 aliphatic heterocycles. The third-order valence-electron chi connectivity index (χ3n) is 2.83. The Labute approximate surface area is 138 Å². The Hall–Kier alpha value is -1.66. The van der Waals surface area contributed by atoms with Crippen molar-refractivity contribution in [1.82, 2.24) is 0 Å². The zero-order chi connectivity index (χ0) is 15.4. The summed E-state index contributed by atoms with van der Waals surface area (Å²) in [6.45, 7) is 0. The summed E-state index contributed by atoms with van der Waals surface area (Å²) in [5.74, 6) is 0.622. The van der Waals surface area contributed by atoms with Crippen molar-refractivity contribution in [3.05, 3.63) is 62.6 Å². The molecule has 0 unspecified atom stereocenters. The molecule has 0 radical (unpaired) electrons. The van der Waals surface area contributed by atoms with Crippen LogP contribution in [0.3, 0.4) is 0 Å². The van der Waals surface area contributed by atoms with E-state index in [4.69, 9.17) is 39.5 Å². The summed E-state index contributed by atoms with van der Waals surface area (Å²) in [5, 5.41) is 10.9. The van der Waals surface area contributed by atoms with Gasteiger partial charge in [0.25, 0.3) is 0 Å². The Bertz CT molecular complexity index is 748. The molecular formula is C16H10Cl3NO. The van der Waals surface area contributed by atoms with Crippen molar-refractivity contribution in [2.24, 2.45) is 0 Å².